The first-order valence-electron chi connectivity index (χ1n) is 7.10. The van der Waals surface area contributed by atoms with Crippen LogP contribution in [0.5, 0.6) is 0 Å². The molecule has 106 valence electrons. The summed E-state index contributed by atoms with van der Waals surface area (Å²) in [6.45, 7) is 2.90. The number of carbonyl (C=O) groups is 1. The van der Waals surface area contributed by atoms with Crippen LogP contribution in [0.15, 0.2) is 18.2 Å². The third kappa shape index (κ3) is 2.29. The molecule has 0 spiro atoms. The molecule has 1 aromatic carbocycles. The zero-order valence-electron chi connectivity index (χ0n) is 12.0. The summed E-state index contributed by atoms with van der Waals surface area (Å²) in [5.41, 5.74) is 8.00. The summed E-state index contributed by atoms with van der Waals surface area (Å²) >= 11 is 1.51. The Morgan fingerprint density at radius 1 is 1.45 bits per heavy atom. The van der Waals surface area contributed by atoms with E-state index in [0.29, 0.717) is 16.5 Å². The van der Waals surface area contributed by atoms with Crippen LogP contribution >= 0.6 is 11.3 Å². The molecule has 0 atom stereocenters. The first kappa shape index (κ1) is 13.4. The van der Waals surface area contributed by atoms with E-state index in [-0.39, 0.29) is 5.91 Å². The van der Waals surface area contributed by atoms with E-state index in [4.69, 9.17) is 5.73 Å². The number of hydrogen-bond donors (Lipinski definition) is 1. The van der Waals surface area contributed by atoms with Crippen LogP contribution in [0.25, 0.3) is 10.1 Å². The first-order chi connectivity index (χ1) is 9.56. The number of nitrogens with zero attached hydrogens (tertiary/aromatic N) is 1. The summed E-state index contributed by atoms with van der Waals surface area (Å²) in [4.78, 5) is 15.1. The molecule has 0 unspecified atom stereocenters. The number of nitrogen functional groups attached to an aromatic ring is 1. The second-order valence-electron chi connectivity index (χ2n) is 5.83. The van der Waals surface area contributed by atoms with Crippen molar-refractivity contribution in [2.24, 2.45) is 5.92 Å². The van der Waals surface area contributed by atoms with Gasteiger partial charge in [0, 0.05) is 23.7 Å². The minimum Gasteiger partial charge on any atom is -0.397 e. The van der Waals surface area contributed by atoms with E-state index >= 15 is 0 Å². The Labute approximate surface area is 123 Å². The van der Waals surface area contributed by atoms with E-state index in [1.54, 1.807) is 0 Å². The minimum atomic E-state index is 0.0632. The van der Waals surface area contributed by atoms with E-state index < -0.39 is 0 Å². The van der Waals surface area contributed by atoms with Gasteiger partial charge in [-0.3, -0.25) is 4.79 Å². The molecule has 3 nitrogen and oxygen atoms in total. The van der Waals surface area contributed by atoms with E-state index in [1.165, 1.54) is 36.2 Å². The maximum atomic E-state index is 12.6. The highest BCUT2D eigenvalue weighted by Crippen LogP contribution is 2.35. The maximum Gasteiger partial charge on any atom is 0.265 e. The summed E-state index contributed by atoms with van der Waals surface area (Å²) in [5, 5.41) is 1.01. The Hall–Kier alpha value is -1.55. The highest BCUT2D eigenvalue weighted by Gasteiger charge is 2.24. The van der Waals surface area contributed by atoms with Gasteiger partial charge < -0.3 is 10.6 Å². The first-order valence-corrected chi connectivity index (χ1v) is 7.92. The Morgan fingerprint density at radius 3 is 2.85 bits per heavy atom. The lowest BCUT2D eigenvalue weighted by Crippen LogP contribution is -2.34. The number of rotatable bonds is 3. The summed E-state index contributed by atoms with van der Waals surface area (Å²) < 4.78 is 1.09. The fourth-order valence-electron chi connectivity index (χ4n) is 2.71. The maximum absolute atomic E-state index is 12.6. The molecule has 4 heteroatoms. The van der Waals surface area contributed by atoms with Crippen molar-refractivity contribution < 1.29 is 4.79 Å². The third-order valence-electron chi connectivity index (χ3n) is 4.18. The monoisotopic (exact) mass is 288 g/mol. The average Bonchev–Trinajstić information content (AvgIpc) is 2.70. The van der Waals surface area contributed by atoms with Crippen molar-refractivity contribution in [3.63, 3.8) is 0 Å². The summed E-state index contributed by atoms with van der Waals surface area (Å²) in [5.74, 6) is 0.745. The molecular weight excluding hydrogens is 268 g/mol. The predicted octanol–water partition coefficient (Wildman–Crippen LogP) is 3.66. The van der Waals surface area contributed by atoms with Gasteiger partial charge in [-0.05, 0) is 37.8 Å². The van der Waals surface area contributed by atoms with Crippen LogP contribution in [0.3, 0.4) is 0 Å². The summed E-state index contributed by atoms with van der Waals surface area (Å²) in [7, 11) is 1.88. The summed E-state index contributed by atoms with van der Waals surface area (Å²) in [6, 6.07) is 6.17. The van der Waals surface area contributed by atoms with Crippen molar-refractivity contribution in [1.29, 1.82) is 0 Å². The van der Waals surface area contributed by atoms with Crippen molar-refractivity contribution >= 4 is 33.0 Å². The number of amides is 1. The number of fused-ring (bicyclic) bond motifs is 1. The molecular formula is C16H20N2OS. The predicted molar refractivity (Wildman–Crippen MR) is 85.3 cm³/mol. The largest absolute Gasteiger partial charge is 0.397 e. The standard InChI is InChI=1S/C16H20N2OS/c1-10-6-7-13-12(8-10)14(17)15(20-13)16(19)18(2)9-11-4-3-5-11/h6-8,11H,3-5,9,17H2,1-2H3. The Kier molecular flexibility index (Phi) is 3.42. The van der Waals surface area contributed by atoms with Gasteiger partial charge in [0.05, 0.1) is 5.69 Å². The van der Waals surface area contributed by atoms with Crippen molar-refractivity contribution in [3.05, 3.63) is 28.6 Å². The molecule has 1 aliphatic rings. The molecule has 1 amide bonds. The number of thiophene rings is 1. The van der Waals surface area contributed by atoms with Crippen molar-refractivity contribution in [3.8, 4) is 0 Å². The average molecular weight is 288 g/mol. The molecule has 0 aliphatic heterocycles. The molecule has 2 N–H and O–H groups in total. The second-order valence-corrected chi connectivity index (χ2v) is 6.88. The second kappa shape index (κ2) is 5.09. The normalized spacial score (nSPS) is 15.3. The lowest BCUT2D eigenvalue weighted by Gasteiger charge is -2.30. The van der Waals surface area contributed by atoms with Crippen LogP contribution in [0.4, 0.5) is 5.69 Å². The number of carbonyl (C=O) groups excluding carboxylic acids is 1. The van der Waals surface area contributed by atoms with Crippen LogP contribution in [0, 0.1) is 12.8 Å². The van der Waals surface area contributed by atoms with Gasteiger partial charge in [0.15, 0.2) is 0 Å². The molecule has 1 heterocycles. The topological polar surface area (TPSA) is 46.3 Å². The van der Waals surface area contributed by atoms with Gasteiger partial charge in [0.2, 0.25) is 0 Å². The van der Waals surface area contributed by atoms with Gasteiger partial charge in [0.1, 0.15) is 4.88 Å². The molecule has 1 saturated carbocycles. The molecule has 0 bridgehead atoms. The molecule has 3 rings (SSSR count). The SMILES string of the molecule is Cc1ccc2sc(C(=O)N(C)CC3CCC3)c(N)c2c1. The highest BCUT2D eigenvalue weighted by molar-refractivity contribution is 7.21. The van der Waals surface area contributed by atoms with E-state index in [0.717, 1.165) is 16.6 Å². The van der Waals surface area contributed by atoms with Crippen LogP contribution in [0.2, 0.25) is 0 Å². The van der Waals surface area contributed by atoms with Crippen molar-refractivity contribution in [2.45, 2.75) is 26.2 Å². The van der Waals surface area contributed by atoms with E-state index in [1.807, 2.05) is 18.9 Å². The van der Waals surface area contributed by atoms with Gasteiger partial charge in [-0.15, -0.1) is 11.3 Å². The smallest absolute Gasteiger partial charge is 0.265 e. The Balaban J connectivity index is 1.88. The fraction of sp³-hybridized carbons (Fsp3) is 0.438. The van der Waals surface area contributed by atoms with Crippen LogP contribution < -0.4 is 5.73 Å². The van der Waals surface area contributed by atoms with E-state index in [9.17, 15) is 4.79 Å². The fourth-order valence-corrected chi connectivity index (χ4v) is 3.81. The zero-order chi connectivity index (χ0) is 14.3. The Bertz CT molecular complexity index is 658. The summed E-state index contributed by atoms with van der Waals surface area (Å²) in [6.07, 6.45) is 3.80. The zero-order valence-corrected chi connectivity index (χ0v) is 12.8. The van der Waals surface area contributed by atoms with Crippen LogP contribution in [0.1, 0.15) is 34.5 Å². The van der Waals surface area contributed by atoms with Gasteiger partial charge in [-0.25, -0.2) is 0 Å². The number of anilines is 1. The van der Waals surface area contributed by atoms with Gasteiger partial charge >= 0.3 is 0 Å². The van der Waals surface area contributed by atoms with Crippen LogP contribution in [-0.4, -0.2) is 24.4 Å². The van der Waals surface area contributed by atoms with Crippen LogP contribution in [-0.2, 0) is 0 Å². The highest BCUT2D eigenvalue weighted by atomic mass is 32.1. The molecule has 1 fully saturated rings. The molecule has 1 aliphatic carbocycles. The van der Waals surface area contributed by atoms with Gasteiger partial charge in [-0.2, -0.15) is 0 Å². The minimum absolute atomic E-state index is 0.0632. The number of benzene rings is 1. The van der Waals surface area contributed by atoms with Crippen molar-refractivity contribution in [2.75, 3.05) is 19.3 Å². The molecule has 2 aromatic rings. The number of aryl methyl sites for hydroxylation is 1. The number of hydrogen-bond acceptors (Lipinski definition) is 3. The lowest BCUT2D eigenvalue weighted by atomic mass is 9.85. The Morgan fingerprint density at radius 2 is 2.20 bits per heavy atom. The van der Waals surface area contributed by atoms with E-state index in [2.05, 4.69) is 18.2 Å². The van der Waals surface area contributed by atoms with Gasteiger partial charge in [-0.1, -0.05) is 18.1 Å². The molecule has 0 radical (unpaired) electrons. The van der Waals surface area contributed by atoms with Gasteiger partial charge in [0.25, 0.3) is 5.91 Å². The van der Waals surface area contributed by atoms with Crippen molar-refractivity contribution in [1.82, 2.24) is 4.90 Å². The number of nitrogens with two attached hydrogens (primary N) is 1. The third-order valence-corrected chi connectivity index (χ3v) is 5.35. The quantitative estimate of drug-likeness (QED) is 0.936. The molecule has 1 aromatic heterocycles. The molecule has 0 saturated heterocycles. The molecule has 20 heavy (non-hydrogen) atoms. The lowest BCUT2D eigenvalue weighted by molar-refractivity contribution is 0.0751.